The molecule has 1 saturated heterocycles. The minimum Gasteiger partial charge on any atom is -0.407 e. The number of rotatable bonds is 2. The van der Waals surface area contributed by atoms with Crippen LogP contribution in [0, 0.1) is 13.8 Å². The van der Waals surface area contributed by atoms with Crippen molar-refractivity contribution in [3.63, 3.8) is 0 Å². The van der Waals surface area contributed by atoms with Crippen LogP contribution in [0.3, 0.4) is 0 Å². The number of piperidine rings is 1. The van der Waals surface area contributed by atoms with Crippen LogP contribution in [0.2, 0.25) is 0 Å². The Morgan fingerprint density at radius 2 is 1.91 bits per heavy atom. The number of aryl methyl sites for hydroxylation is 2. The van der Waals surface area contributed by atoms with Gasteiger partial charge in [-0.1, -0.05) is 12.6 Å². The van der Waals surface area contributed by atoms with Crippen LogP contribution in [-0.2, 0) is 4.79 Å². The van der Waals surface area contributed by atoms with Gasteiger partial charge in [-0.15, -0.1) is 0 Å². The second-order valence-corrected chi connectivity index (χ2v) is 6.47. The number of hydrogen-bond donors (Lipinski definition) is 0. The summed E-state index contributed by atoms with van der Waals surface area (Å²) >= 11 is 0. The van der Waals surface area contributed by atoms with Crippen LogP contribution in [0.4, 0.5) is 0 Å². The maximum atomic E-state index is 12.3. The van der Waals surface area contributed by atoms with Gasteiger partial charge in [-0.3, -0.25) is 9.36 Å². The number of aromatic nitrogens is 1. The van der Waals surface area contributed by atoms with Gasteiger partial charge in [-0.05, 0) is 50.8 Å². The smallest absolute Gasteiger partial charge is 0.407 e. The molecule has 1 aliphatic heterocycles. The van der Waals surface area contributed by atoms with Crippen LogP contribution in [0.1, 0.15) is 36.9 Å². The molecule has 1 aromatic carbocycles. The van der Waals surface area contributed by atoms with Crippen molar-refractivity contribution < 1.29 is 9.21 Å². The Balaban J connectivity index is 1.91. The minimum atomic E-state index is -0.307. The normalized spacial score (nSPS) is 16.0. The molecule has 23 heavy (non-hydrogen) atoms. The Morgan fingerprint density at radius 1 is 1.26 bits per heavy atom. The van der Waals surface area contributed by atoms with E-state index in [0.29, 0.717) is 24.2 Å². The zero-order valence-corrected chi connectivity index (χ0v) is 13.9. The average Bonchev–Trinajstić information content (AvgIpc) is 2.83. The van der Waals surface area contributed by atoms with Gasteiger partial charge in [0, 0.05) is 24.7 Å². The van der Waals surface area contributed by atoms with E-state index in [1.54, 1.807) is 11.5 Å². The van der Waals surface area contributed by atoms with Gasteiger partial charge in [-0.25, -0.2) is 4.79 Å². The highest BCUT2D eigenvalue weighted by Gasteiger charge is 2.27. The third kappa shape index (κ3) is 2.71. The average molecular weight is 314 g/mol. The molecule has 2 heterocycles. The van der Waals surface area contributed by atoms with E-state index in [1.165, 1.54) is 0 Å². The van der Waals surface area contributed by atoms with E-state index in [1.807, 2.05) is 30.9 Å². The number of likely N-dealkylation sites (tertiary alicyclic amines) is 1. The first-order valence-corrected chi connectivity index (χ1v) is 7.95. The lowest BCUT2D eigenvalue weighted by atomic mass is 10.0. The summed E-state index contributed by atoms with van der Waals surface area (Å²) in [5.74, 6) is -0.307. The first-order valence-electron chi connectivity index (χ1n) is 7.95. The number of hydrogen-bond acceptors (Lipinski definition) is 3. The number of oxazole rings is 1. The molecular weight excluding hydrogens is 292 g/mol. The highest BCUT2D eigenvalue weighted by Crippen LogP contribution is 2.28. The van der Waals surface area contributed by atoms with Crippen molar-refractivity contribution in [2.75, 3.05) is 13.1 Å². The molecule has 0 unspecified atom stereocenters. The summed E-state index contributed by atoms with van der Waals surface area (Å²) < 4.78 is 7.23. The Kier molecular flexibility index (Phi) is 3.88. The Hall–Kier alpha value is -2.30. The summed E-state index contributed by atoms with van der Waals surface area (Å²) in [7, 11) is 0. The fraction of sp³-hybridized carbons (Fsp3) is 0.444. The number of amides is 1. The number of carbonyl (C=O) groups excluding carboxylic acids is 1. The molecular formula is C18H22N2O3. The lowest BCUT2D eigenvalue weighted by Crippen LogP contribution is -2.40. The third-order valence-electron chi connectivity index (χ3n) is 4.53. The molecule has 2 aromatic rings. The van der Waals surface area contributed by atoms with Gasteiger partial charge >= 0.3 is 5.76 Å². The molecule has 1 aromatic heterocycles. The van der Waals surface area contributed by atoms with Gasteiger partial charge in [-0.2, -0.15) is 0 Å². The zero-order chi connectivity index (χ0) is 16.7. The molecule has 1 aliphatic rings. The molecule has 0 aliphatic carbocycles. The Labute approximate surface area is 135 Å². The molecule has 0 saturated carbocycles. The topological polar surface area (TPSA) is 55.5 Å². The monoisotopic (exact) mass is 314 g/mol. The van der Waals surface area contributed by atoms with Gasteiger partial charge in [0.1, 0.15) is 0 Å². The lowest BCUT2D eigenvalue weighted by molar-refractivity contribution is -0.128. The van der Waals surface area contributed by atoms with Crippen molar-refractivity contribution in [3.05, 3.63) is 46.0 Å². The van der Waals surface area contributed by atoms with E-state index in [9.17, 15) is 9.59 Å². The minimum absolute atomic E-state index is 0.000428. The van der Waals surface area contributed by atoms with Gasteiger partial charge < -0.3 is 9.32 Å². The Bertz CT molecular complexity index is 836. The van der Waals surface area contributed by atoms with Crippen molar-refractivity contribution in [1.29, 1.82) is 0 Å². The quantitative estimate of drug-likeness (QED) is 0.801. The van der Waals surface area contributed by atoms with Gasteiger partial charge in [0.2, 0.25) is 5.91 Å². The predicted molar refractivity (Wildman–Crippen MR) is 89.6 cm³/mol. The van der Waals surface area contributed by atoms with Crippen LogP contribution >= 0.6 is 0 Å². The van der Waals surface area contributed by atoms with E-state index in [2.05, 4.69) is 6.58 Å². The summed E-state index contributed by atoms with van der Waals surface area (Å²) in [4.78, 5) is 26.1. The van der Waals surface area contributed by atoms with Gasteiger partial charge in [0.15, 0.2) is 5.58 Å². The second kappa shape index (κ2) is 5.72. The maximum absolute atomic E-state index is 12.3. The number of nitrogens with zero attached hydrogens (tertiary/aromatic N) is 2. The molecule has 5 nitrogen and oxygen atoms in total. The van der Waals surface area contributed by atoms with Crippen molar-refractivity contribution in [2.45, 2.75) is 39.7 Å². The highest BCUT2D eigenvalue weighted by molar-refractivity contribution is 5.92. The zero-order valence-electron chi connectivity index (χ0n) is 13.9. The SMILES string of the molecule is C=C(C)C(=O)N1CCC(n2c(=O)oc3c(C)cc(C)cc32)CC1. The summed E-state index contributed by atoms with van der Waals surface area (Å²) in [6.45, 7) is 10.7. The summed E-state index contributed by atoms with van der Waals surface area (Å²) in [5.41, 5.74) is 4.17. The van der Waals surface area contributed by atoms with Crippen molar-refractivity contribution in [3.8, 4) is 0 Å². The van der Waals surface area contributed by atoms with Gasteiger partial charge in [0.25, 0.3) is 0 Å². The van der Waals surface area contributed by atoms with E-state index >= 15 is 0 Å². The summed E-state index contributed by atoms with van der Waals surface area (Å²) in [6, 6.07) is 4.08. The number of carbonyl (C=O) groups is 1. The van der Waals surface area contributed by atoms with Crippen LogP contribution in [-0.4, -0.2) is 28.5 Å². The van der Waals surface area contributed by atoms with E-state index < -0.39 is 0 Å². The van der Waals surface area contributed by atoms with E-state index in [0.717, 1.165) is 29.5 Å². The van der Waals surface area contributed by atoms with E-state index in [-0.39, 0.29) is 17.7 Å². The highest BCUT2D eigenvalue weighted by atomic mass is 16.4. The summed E-state index contributed by atoms with van der Waals surface area (Å²) in [6.07, 6.45) is 1.50. The first-order chi connectivity index (χ1) is 10.9. The van der Waals surface area contributed by atoms with Crippen LogP contribution in [0.15, 0.2) is 33.5 Å². The van der Waals surface area contributed by atoms with Gasteiger partial charge in [0.05, 0.1) is 5.52 Å². The molecule has 0 bridgehead atoms. The Morgan fingerprint density at radius 3 is 2.52 bits per heavy atom. The predicted octanol–water partition coefficient (Wildman–Crippen LogP) is 2.95. The van der Waals surface area contributed by atoms with Crippen LogP contribution in [0.5, 0.6) is 0 Å². The number of benzene rings is 1. The van der Waals surface area contributed by atoms with Crippen molar-refractivity contribution in [1.82, 2.24) is 9.47 Å². The van der Waals surface area contributed by atoms with Crippen molar-refractivity contribution in [2.24, 2.45) is 0 Å². The van der Waals surface area contributed by atoms with Crippen LogP contribution < -0.4 is 5.76 Å². The standard InChI is InChI=1S/C18H22N2O3/c1-11(2)17(21)19-7-5-14(6-8-19)20-15-10-12(3)9-13(4)16(15)23-18(20)22/h9-10,14H,1,5-8H2,2-4H3. The molecule has 0 radical (unpaired) electrons. The molecule has 122 valence electrons. The molecule has 0 spiro atoms. The fourth-order valence-corrected chi connectivity index (χ4v) is 3.42. The first kappa shape index (κ1) is 15.6. The fourth-order valence-electron chi connectivity index (χ4n) is 3.42. The molecule has 3 rings (SSSR count). The second-order valence-electron chi connectivity index (χ2n) is 6.47. The molecule has 0 atom stereocenters. The third-order valence-corrected chi connectivity index (χ3v) is 4.53. The molecule has 5 heteroatoms. The lowest BCUT2D eigenvalue weighted by Gasteiger charge is -2.32. The maximum Gasteiger partial charge on any atom is 0.420 e. The molecule has 0 N–H and O–H groups in total. The van der Waals surface area contributed by atoms with E-state index in [4.69, 9.17) is 4.42 Å². The number of fused-ring (bicyclic) bond motifs is 1. The molecule has 1 amide bonds. The summed E-state index contributed by atoms with van der Waals surface area (Å²) in [5, 5.41) is 0. The van der Waals surface area contributed by atoms with Crippen LogP contribution in [0.25, 0.3) is 11.1 Å². The van der Waals surface area contributed by atoms with Crippen molar-refractivity contribution >= 4 is 17.0 Å². The largest absolute Gasteiger partial charge is 0.420 e. The molecule has 1 fully saturated rings.